The molecule has 1 saturated heterocycles. The van der Waals surface area contributed by atoms with Gasteiger partial charge in [0.15, 0.2) is 6.29 Å². The van der Waals surface area contributed by atoms with Crippen LogP contribution in [0.3, 0.4) is 0 Å². The smallest absolute Gasteiger partial charge is 0.189 e. The predicted octanol–water partition coefficient (Wildman–Crippen LogP) is -3.25. The minimum absolute atomic E-state index is 0.518. The molecule has 0 bridgehead atoms. The Balaban J connectivity index is 2.63. The summed E-state index contributed by atoms with van der Waals surface area (Å²) >= 11 is 0. The van der Waals surface area contributed by atoms with Gasteiger partial charge in [0.25, 0.3) is 0 Å². The molecule has 0 amide bonds. The molecule has 0 aromatic rings. The van der Waals surface area contributed by atoms with Gasteiger partial charge in [0, 0.05) is 0 Å². The van der Waals surface area contributed by atoms with E-state index in [4.69, 9.17) is 14.9 Å². The first-order chi connectivity index (χ1) is 6.61. The summed E-state index contributed by atoms with van der Waals surface area (Å²) < 4.78 is 9.43. The Kier molecular flexibility index (Phi) is 4.20. The van der Waals surface area contributed by atoms with Gasteiger partial charge in [-0.25, -0.2) is 0 Å². The van der Waals surface area contributed by atoms with E-state index >= 15 is 0 Å². The highest BCUT2D eigenvalue weighted by Crippen LogP contribution is 2.21. The summed E-state index contributed by atoms with van der Waals surface area (Å²) in [5.74, 6) is 0. The molecule has 7 nitrogen and oxygen atoms in total. The van der Waals surface area contributed by atoms with Crippen LogP contribution in [0.25, 0.3) is 0 Å². The van der Waals surface area contributed by atoms with Crippen molar-refractivity contribution < 1.29 is 35.0 Å². The Labute approximate surface area is 80.1 Å². The third kappa shape index (κ3) is 2.20. The van der Waals surface area contributed by atoms with E-state index in [1.165, 1.54) is 0 Å². The van der Waals surface area contributed by atoms with Gasteiger partial charge in [-0.3, -0.25) is 0 Å². The molecule has 5 N–H and O–H groups in total. The maximum Gasteiger partial charge on any atom is 0.189 e. The third-order valence-corrected chi connectivity index (χ3v) is 2.09. The second kappa shape index (κ2) is 4.99. The maximum absolute atomic E-state index is 9.30. The molecule has 2 unspecified atom stereocenters. The number of aliphatic hydroxyl groups excluding tert-OH is 5. The van der Waals surface area contributed by atoms with E-state index in [9.17, 15) is 15.3 Å². The summed E-state index contributed by atoms with van der Waals surface area (Å²) in [7, 11) is 0. The van der Waals surface area contributed by atoms with Gasteiger partial charge in [0.2, 0.25) is 0 Å². The van der Waals surface area contributed by atoms with Crippen LogP contribution in [0, 0.1) is 0 Å². The van der Waals surface area contributed by atoms with Crippen LogP contribution in [0.4, 0.5) is 0 Å². The van der Waals surface area contributed by atoms with Crippen molar-refractivity contribution in [3.05, 3.63) is 0 Å². The first-order valence-electron chi connectivity index (χ1n) is 4.14. The second-order valence-corrected chi connectivity index (χ2v) is 2.99. The largest absolute Gasteiger partial charge is 0.394 e. The molecule has 0 aromatic carbocycles. The fraction of sp³-hybridized carbons (Fsp3) is 1.00. The zero-order valence-corrected chi connectivity index (χ0v) is 7.35. The lowest BCUT2D eigenvalue weighted by molar-refractivity contribution is -0.313. The molecule has 7 heteroatoms. The first kappa shape index (κ1) is 11.8. The van der Waals surface area contributed by atoms with Crippen molar-refractivity contribution in [2.24, 2.45) is 0 Å². The highest BCUT2D eigenvalue weighted by atomic mass is 16.7. The van der Waals surface area contributed by atoms with E-state index < -0.39 is 44.1 Å². The van der Waals surface area contributed by atoms with Gasteiger partial charge in [-0.05, 0) is 0 Å². The van der Waals surface area contributed by atoms with E-state index in [2.05, 4.69) is 4.74 Å². The zero-order chi connectivity index (χ0) is 10.7. The first-order valence-corrected chi connectivity index (χ1v) is 4.14. The molecule has 14 heavy (non-hydrogen) atoms. The second-order valence-electron chi connectivity index (χ2n) is 2.99. The van der Waals surface area contributed by atoms with Gasteiger partial charge in [-0.15, -0.1) is 0 Å². The molecule has 0 aliphatic carbocycles. The fourth-order valence-corrected chi connectivity index (χ4v) is 1.28. The van der Waals surface area contributed by atoms with Crippen LogP contribution in [-0.2, 0) is 9.47 Å². The summed E-state index contributed by atoms with van der Waals surface area (Å²) in [5.41, 5.74) is 0. The normalized spacial score (nSPS) is 43.9. The standard InChI is InChI=1S/C7H14O7/c8-1-3-4(10)5(11)6(12)7(14-3)13-2-9/h3-12H,1-2H2/t3?,4-,5-,6?,7+/m0/s1. The quantitative estimate of drug-likeness (QED) is 0.310. The monoisotopic (exact) mass is 210 g/mol. The number of hydrogen-bond acceptors (Lipinski definition) is 7. The Morgan fingerprint density at radius 1 is 1.00 bits per heavy atom. The lowest BCUT2D eigenvalue weighted by Crippen LogP contribution is -2.59. The Morgan fingerprint density at radius 3 is 2.14 bits per heavy atom. The molecule has 0 spiro atoms. The van der Waals surface area contributed by atoms with Gasteiger partial charge < -0.3 is 35.0 Å². The van der Waals surface area contributed by atoms with Crippen molar-refractivity contribution in [3.8, 4) is 0 Å². The topological polar surface area (TPSA) is 120 Å². The predicted molar refractivity (Wildman–Crippen MR) is 41.9 cm³/mol. The van der Waals surface area contributed by atoms with Crippen molar-refractivity contribution in [1.29, 1.82) is 0 Å². The minimum atomic E-state index is -1.47. The van der Waals surface area contributed by atoms with Crippen molar-refractivity contribution in [1.82, 2.24) is 0 Å². The molecular weight excluding hydrogens is 196 g/mol. The maximum atomic E-state index is 9.30. The van der Waals surface area contributed by atoms with Crippen LogP contribution in [-0.4, -0.2) is 69.6 Å². The van der Waals surface area contributed by atoms with Crippen molar-refractivity contribution in [2.75, 3.05) is 13.4 Å². The highest BCUT2D eigenvalue weighted by Gasteiger charge is 2.43. The summed E-state index contributed by atoms with van der Waals surface area (Å²) in [6.45, 7) is -1.21. The number of aliphatic hydroxyl groups is 5. The van der Waals surface area contributed by atoms with Crippen LogP contribution in [0.2, 0.25) is 0 Å². The van der Waals surface area contributed by atoms with E-state index in [0.29, 0.717) is 0 Å². The molecule has 1 fully saturated rings. The van der Waals surface area contributed by atoms with Crippen molar-refractivity contribution in [3.63, 3.8) is 0 Å². The van der Waals surface area contributed by atoms with Crippen LogP contribution in [0.1, 0.15) is 0 Å². The minimum Gasteiger partial charge on any atom is -0.394 e. The molecule has 1 rings (SSSR count). The summed E-state index contributed by atoms with van der Waals surface area (Å²) in [6.07, 6.45) is -6.61. The van der Waals surface area contributed by atoms with Crippen molar-refractivity contribution >= 4 is 0 Å². The number of rotatable bonds is 3. The van der Waals surface area contributed by atoms with Gasteiger partial charge in [-0.1, -0.05) is 0 Å². The lowest BCUT2D eigenvalue weighted by atomic mass is 9.99. The molecule has 1 aliphatic rings. The number of hydrogen-bond donors (Lipinski definition) is 5. The number of ether oxygens (including phenoxy) is 2. The summed E-state index contributed by atoms with van der Waals surface area (Å²) in [5, 5.41) is 45.1. The van der Waals surface area contributed by atoms with E-state index in [1.807, 2.05) is 0 Å². The Hall–Kier alpha value is -0.280. The van der Waals surface area contributed by atoms with Gasteiger partial charge in [-0.2, -0.15) is 0 Å². The molecule has 1 aliphatic heterocycles. The molecule has 1 heterocycles. The van der Waals surface area contributed by atoms with Crippen molar-refractivity contribution in [2.45, 2.75) is 30.7 Å². The van der Waals surface area contributed by atoms with Gasteiger partial charge in [0.05, 0.1) is 6.61 Å². The molecule has 84 valence electrons. The SMILES string of the molecule is OCO[C@@H]1OC(CO)[C@H](O)[C@H](O)C1O. The molecular formula is C7H14O7. The van der Waals surface area contributed by atoms with Gasteiger partial charge in [0.1, 0.15) is 31.2 Å². The molecule has 5 atom stereocenters. The third-order valence-electron chi connectivity index (χ3n) is 2.09. The molecule has 0 saturated carbocycles. The lowest BCUT2D eigenvalue weighted by Gasteiger charge is -2.39. The van der Waals surface area contributed by atoms with Crippen LogP contribution in [0.15, 0.2) is 0 Å². The summed E-state index contributed by atoms with van der Waals surface area (Å²) in [6, 6.07) is 0. The fourth-order valence-electron chi connectivity index (χ4n) is 1.28. The highest BCUT2D eigenvalue weighted by molar-refractivity contribution is 4.88. The average Bonchev–Trinajstić information content (AvgIpc) is 2.19. The average molecular weight is 210 g/mol. The van der Waals surface area contributed by atoms with E-state index in [0.717, 1.165) is 0 Å². The molecule has 0 aromatic heterocycles. The van der Waals surface area contributed by atoms with Gasteiger partial charge >= 0.3 is 0 Å². The van der Waals surface area contributed by atoms with Crippen LogP contribution >= 0.6 is 0 Å². The Bertz CT molecular complexity index is 171. The summed E-state index contributed by atoms with van der Waals surface area (Å²) in [4.78, 5) is 0. The van der Waals surface area contributed by atoms with E-state index in [-0.39, 0.29) is 0 Å². The molecule has 0 radical (unpaired) electrons. The van der Waals surface area contributed by atoms with E-state index in [1.54, 1.807) is 0 Å². The van der Waals surface area contributed by atoms with Crippen LogP contribution < -0.4 is 0 Å². The Morgan fingerprint density at radius 2 is 1.64 bits per heavy atom. The van der Waals surface area contributed by atoms with Crippen LogP contribution in [0.5, 0.6) is 0 Å². The zero-order valence-electron chi connectivity index (χ0n) is 7.35.